The molecule has 0 bridgehead atoms. The Balaban J connectivity index is 1.90. The second kappa shape index (κ2) is 6.09. The number of benzene rings is 2. The van der Waals surface area contributed by atoms with Crippen molar-refractivity contribution >= 4 is 11.7 Å². The van der Waals surface area contributed by atoms with Crippen molar-refractivity contribution in [3.63, 3.8) is 0 Å². The van der Waals surface area contributed by atoms with Gasteiger partial charge in [-0.05, 0) is 25.1 Å². The van der Waals surface area contributed by atoms with Gasteiger partial charge in [0.25, 0.3) is 0 Å². The maximum Gasteiger partial charge on any atom is 0.226 e. The molecule has 1 unspecified atom stereocenters. The molecule has 25 heavy (non-hydrogen) atoms. The van der Waals surface area contributed by atoms with Gasteiger partial charge in [0.2, 0.25) is 5.91 Å². The summed E-state index contributed by atoms with van der Waals surface area (Å²) < 4.78 is 7.33. The van der Waals surface area contributed by atoms with Crippen LogP contribution in [0.25, 0.3) is 5.69 Å². The third-order valence-electron chi connectivity index (χ3n) is 4.62. The van der Waals surface area contributed by atoms with Crippen molar-refractivity contribution in [2.45, 2.75) is 19.3 Å². The lowest BCUT2D eigenvalue weighted by atomic mass is 9.85. The maximum atomic E-state index is 12.4. The molecule has 1 amide bonds. The van der Waals surface area contributed by atoms with E-state index in [1.807, 2.05) is 66.2 Å². The average Bonchev–Trinajstić information content (AvgIpc) is 2.98. The molecule has 3 aromatic rings. The van der Waals surface area contributed by atoms with E-state index >= 15 is 0 Å². The van der Waals surface area contributed by atoms with Crippen LogP contribution >= 0.6 is 0 Å². The van der Waals surface area contributed by atoms with Crippen LogP contribution in [0.5, 0.6) is 5.75 Å². The minimum Gasteiger partial charge on any atom is -0.496 e. The van der Waals surface area contributed by atoms with Gasteiger partial charge in [0.15, 0.2) is 0 Å². The predicted molar refractivity (Wildman–Crippen MR) is 96.4 cm³/mol. The van der Waals surface area contributed by atoms with E-state index in [-0.39, 0.29) is 11.8 Å². The number of nitrogens with zero attached hydrogens (tertiary/aromatic N) is 2. The fraction of sp³-hybridized carbons (Fsp3) is 0.200. The van der Waals surface area contributed by atoms with E-state index in [0.717, 1.165) is 34.1 Å². The summed E-state index contributed by atoms with van der Waals surface area (Å²) in [6.07, 6.45) is 0.384. The molecule has 1 N–H and O–H groups in total. The van der Waals surface area contributed by atoms with Gasteiger partial charge >= 0.3 is 0 Å². The van der Waals surface area contributed by atoms with E-state index < -0.39 is 0 Å². The van der Waals surface area contributed by atoms with Gasteiger partial charge in [0, 0.05) is 23.5 Å². The van der Waals surface area contributed by atoms with Crippen molar-refractivity contribution in [2.24, 2.45) is 0 Å². The third kappa shape index (κ3) is 2.58. The molecule has 0 spiro atoms. The first-order chi connectivity index (χ1) is 12.2. The summed E-state index contributed by atoms with van der Waals surface area (Å²) in [5, 5.41) is 7.70. The number of ether oxygens (including phenoxy) is 1. The monoisotopic (exact) mass is 333 g/mol. The number of anilines is 1. The van der Waals surface area contributed by atoms with E-state index in [1.165, 1.54) is 0 Å². The molecule has 126 valence electrons. The van der Waals surface area contributed by atoms with Crippen LogP contribution in [0.2, 0.25) is 0 Å². The molecular weight excluding hydrogens is 314 g/mol. The normalized spacial score (nSPS) is 16.2. The van der Waals surface area contributed by atoms with Crippen LogP contribution in [-0.4, -0.2) is 22.8 Å². The van der Waals surface area contributed by atoms with Crippen LogP contribution in [0, 0.1) is 6.92 Å². The van der Waals surface area contributed by atoms with Crippen LogP contribution in [0.15, 0.2) is 54.6 Å². The Hall–Kier alpha value is -3.08. The molecule has 1 aliphatic rings. The molecule has 0 saturated heterocycles. The zero-order valence-corrected chi connectivity index (χ0v) is 14.2. The van der Waals surface area contributed by atoms with E-state index in [2.05, 4.69) is 10.4 Å². The smallest absolute Gasteiger partial charge is 0.226 e. The van der Waals surface area contributed by atoms with Gasteiger partial charge in [-0.3, -0.25) is 4.79 Å². The first kappa shape index (κ1) is 15.4. The summed E-state index contributed by atoms with van der Waals surface area (Å²) in [6.45, 7) is 1.98. The molecule has 2 aromatic carbocycles. The number of fused-ring (bicyclic) bond motifs is 1. The fourth-order valence-corrected chi connectivity index (χ4v) is 3.52. The van der Waals surface area contributed by atoms with Gasteiger partial charge in [0.05, 0.1) is 18.5 Å². The highest BCUT2D eigenvalue weighted by molar-refractivity contribution is 5.95. The quantitative estimate of drug-likeness (QED) is 0.796. The van der Waals surface area contributed by atoms with Crippen molar-refractivity contribution < 1.29 is 9.53 Å². The Morgan fingerprint density at radius 2 is 1.84 bits per heavy atom. The number of carbonyl (C=O) groups excluding carboxylic acids is 1. The van der Waals surface area contributed by atoms with E-state index in [9.17, 15) is 4.79 Å². The summed E-state index contributed by atoms with van der Waals surface area (Å²) in [7, 11) is 1.66. The third-order valence-corrected chi connectivity index (χ3v) is 4.62. The fourth-order valence-electron chi connectivity index (χ4n) is 3.52. The predicted octanol–water partition coefficient (Wildman–Crippen LogP) is 3.66. The van der Waals surface area contributed by atoms with Crippen LogP contribution in [-0.2, 0) is 4.79 Å². The number of hydrogen-bond donors (Lipinski definition) is 1. The molecular formula is C20H19N3O2. The van der Waals surface area contributed by atoms with Crippen LogP contribution in [0.3, 0.4) is 0 Å². The largest absolute Gasteiger partial charge is 0.496 e. The number of amides is 1. The average molecular weight is 333 g/mol. The van der Waals surface area contributed by atoms with Crippen LogP contribution in [0.1, 0.15) is 29.2 Å². The molecule has 4 rings (SSSR count). The lowest BCUT2D eigenvalue weighted by molar-refractivity contribution is -0.116. The maximum absolute atomic E-state index is 12.4. The van der Waals surface area contributed by atoms with E-state index in [0.29, 0.717) is 6.42 Å². The molecule has 1 atom stereocenters. The van der Waals surface area contributed by atoms with Gasteiger partial charge in [-0.25, -0.2) is 4.68 Å². The van der Waals surface area contributed by atoms with Crippen molar-refractivity contribution in [1.29, 1.82) is 0 Å². The van der Waals surface area contributed by atoms with Crippen LogP contribution in [0.4, 0.5) is 5.82 Å². The van der Waals surface area contributed by atoms with Gasteiger partial charge in [0.1, 0.15) is 11.6 Å². The molecule has 0 saturated carbocycles. The number of nitrogens with one attached hydrogen (secondary N) is 1. The van der Waals surface area contributed by atoms with Gasteiger partial charge < -0.3 is 10.1 Å². The SMILES string of the molecule is COc1ccccc1C1CC(=O)Nc2c1c(C)nn2-c1ccccc1. The van der Waals surface area contributed by atoms with Gasteiger partial charge in [-0.15, -0.1) is 0 Å². The number of rotatable bonds is 3. The zero-order chi connectivity index (χ0) is 17.4. The van der Waals surface area contributed by atoms with Crippen LogP contribution < -0.4 is 10.1 Å². The summed E-state index contributed by atoms with van der Waals surface area (Å²) >= 11 is 0. The molecule has 1 aromatic heterocycles. The van der Waals surface area contributed by atoms with Crippen molar-refractivity contribution in [3.05, 3.63) is 71.4 Å². The minimum absolute atomic E-state index is 0.0134. The highest BCUT2D eigenvalue weighted by Crippen LogP contribution is 2.42. The Morgan fingerprint density at radius 1 is 1.12 bits per heavy atom. The van der Waals surface area contributed by atoms with Gasteiger partial charge in [-0.1, -0.05) is 36.4 Å². The summed E-state index contributed by atoms with van der Waals surface area (Å²) in [6, 6.07) is 17.7. The summed E-state index contributed by atoms with van der Waals surface area (Å²) in [5.41, 5.74) is 3.90. The number of hydrogen-bond acceptors (Lipinski definition) is 3. The molecule has 5 heteroatoms. The molecule has 5 nitrogen and oxygen atoms in total. The number of aryl methyl sites for hydroxylation is 1. The van der Waals surface area contributed by atoms with Crippen molar-refractivity contribution in [2.75, 3.05) is 12.4 Å². The second-order valence-corrected chi connectivity index (χ2v) is 6.14. The number of carbonyl (C=O) groups is 1. The Labute approximate surface area is 146 Å². The zero-order valence-electron chi connectivity index (χ0n) is 14.2. The topological polar surface area (TPSA) is 56.1 Å². The lowest BCUT2D eigenvalue weighted by Crippen LogP contribution is -2.25. The summed E-state index contributed by atoms with van der Waals surface area (Å²) in [5.74, 6) is 1.45. The van der Waals surface area contributed by atoms with E-state index in [1.54, 1.807) is 7.11 Å². The number of aromatic nitrogens is 2. The Kier molecular flexibility index (Phi) is 3.76. The van der Waals surface area contributed by atoms with Crippen molar-refractivity contribution in [3.8, 4) is 11.4 Å². The minimum atomic E-state index is -0.0719. The molecule has 0 radical (unpaired) electrons. The first-order valence-electron chi connectivity index (χ1n) is 8.26. The summed E-state index contributed by atoms with van der Waals surface area (Å²) in [4.78, 5) is 12.4. The molecule has 1 aliphatic heterocycles. The molecule has 2 heterocycles. The number of methoxy groups -OCH3 is 1. The Morgan fingerprint density at radius 3 is 2.60 bits per heavy atom. The standard InChI is InChI=1S/C20H19N3O2/c1-13-19-16(15-10-6-7-11-17(15)25-2)12-18(24)21-20(19)23(22-13)14-8-4-3-5-9-14/h3-11,16H,12H2,1-2H3,(H,21,24). The van der Waals surface area contributed by atoms with Crippen molar-refractivity contribution in [1.82, 2.24) is 9.78 Å². The second-order valence-electron chi connectivity index (χ2n) is 6.14. The lowest BCUT2D eigenvalue weighted by Gasteiger charge is -2.25. The van der Waals surface area contributed by atoms with Gasteiger partial charge in [-0.2, -0.15) is 5.10 Å². The Bertz CT molecular complexity index is 931. The van der Waals surface area contributed by atoms with E-state index in [4.69, 9.17) is 4.74 Å². The first-order valence-corrected chi connectivity index (χ1v) is 8.26. The molecule has 0 aliphatic carbocycles. The number of para-hydroxylation sites is 2. The highest BCUT2D eigenvalue weighted by Gasteiger charge is 2.33. The molecule has 0 fully saturated rings. The highest BCUT2D eigenvalue weighted by atomic mass is 16.5.